The number of anilines is 2. The summed E-state index contributed by atoms with van der Waals surface area (Å²) in [5, 5.41) is 9.68. The first-order valence-electron chi connectivity index (χ1n) is 9.88. The lowest BCUT2D eigenvalue weighted by molar-refractivity contribution is 0.0696. The van der Waals surface area contributed by atoms with E-state index in [1.54, 1.807) is 12.1 Å². The van der Waals surface area contributed by atoms with Gasteiger partial charge in [-0.25, -0.2) is 19.7 Å². The van der Waals surface area contributed by atoms with Crippen LogP contribution in [0.4, 0.5) is 11.6 Å². The molecule has 0 amide bonds. The normalized spacial score (nSPS) is 14.2. The number of imidazole rings is 1. The molecular formula is C22H19ClN6O2. The van der Waals surface area contributed by atoms with Crippen LogP contribution in [0.2, 0.25) is 5.02 Å². The van der Waals surface area contributed by atoms with Crippen molar-refractivity contribution in [1.82, 2.24) is 19.9 Å². The minimum absolute atomic E-state index is 0.194. The minimum atomic E-state index is -0.968. The van der Waals surface area contributed by atoms with E-state index in [9.17, 15) is 4.79 Å². The average Bonchev–Trinajstić information content (AvgIpc) is 3.22. The molecule has 0 unspecified atom stereocenters. The summed E-state index contributed by atoms with van der Waals surface area (Å²) in [4.78, 5) is 32.2. The fraction of sp³-hybridized carbons (Fsp3) is 0.182. The van der Waals surface area contributed by atoms with E-state index in [4.69, 9.17) is 16.7 Å². The van der Waals surface area contributed by atoms with Gasteiger partial charge in [-0.2, -0.15) is 0 Å². The fourth-order valence-electron chi connectivity index (χ4n) is 3.70. The van der Waals surface area contributed by atoms with Crippen molar-refractivity contribution >= 4 is 40.2 Å². The van der Waals surface area contributed by atoms with E-state index < -0.39 is 5.97 Å². The van der Waals surface area contributed by atoms with Crippen LogP contribution in [0.3, 0.4) is 0 Å². The van der Waals surface area contributed by atoms with Gasteiger partial charge in [0.2, 0.25) is 0 Å². The van der Waals surface area contributed by atoms with Crippen LogP contribution < -0.4 is 9.80 Å². The van der Waals surface area contributed by atoms with Gasteiger partial charge in [0, 0.05) is 49.2 Å². The summed E-state index contributed by atoms with van der Waals surface area (Å²) in [6, 6.07) is 12.9. The Balaban J connectivity index is 1.26. The zero-order chi connectivity index (χ0) is 21.4. The number of benzene rings is 1. The van der Waals surface area contributed by atoms with Crippen molar-refractivity contribution in [3.8, 4) is 11.4 Å². The number of piperazine rings is 1. The number of pyridine rings is 2. The smallest absolute Gasteiger partial charge is 0.337 e. The molecule has 1 aliphatic rings. The number of aromatic carboxylic acids is 1. The van der Waals surface area contributed by atoms with Gasteiger partial charge in [-0.3, -0.25) is 0 Å². The number of nitrogens with one attached hydrogen (secondary N) is 1. The molecule has 3 aromatic heterocycles. The van der Waals surface area contributed by atoms with Gasteiger partial charge in [0.05, 0.1) is 16.6 Å². The number of halogens is 1. The number of hydrogen-bond donors (Lipinski definition) is 2. The van der Waals surface area contributed by atoms with E-state index >= 15 is 0 Å². The first-order chi connectivity index (χ1) is 15.1. The number of carboxylic acids is 1. The maximum absolute atomic E-state index is 11.0. The zero-order valence-electron chi connectivity index (χ0n) is 16.5. The molecule has 2 N–H and O–H groups in total. The highest BCUT2D eigenvalue weighted by molar-refractivity contribution is 6.31. The molecule has 0 saturated carbocycles. The topological polar surface area (TPSA) is 98.2 Å². The second kappa shape index (κ2) is 7.88. The Morgan fingerprint density at radius 2 is 1.61 bits per heavy atom. The third-order valence-corrected chi connectivity index (χ3v) is 5.62. The van der Waals surface area contributed by atoms with Gasteiger partial charge < -0.3 is 19.9 Å². The molecule has 1 saturated heterocycles. The van der Waals surface area contributed by atoms with Crippen LogP contribution in [0.25, 0.3) is 22.4 Å². The average molecular weight is 435 g/mol. The molecule has 1 fully saturated rings. The van der Waals surface area contributed by atoms with Crippen LogP contribution >= 0.6 is 11.6 Å². The van der Waals surface area contributed by atoms with Gasteiger partial charge in [0.1, 0.15) is 17.5 Å². The molecule has 1 aromatic carbocycles. The standard InChI is InChI=1S/C22H19ClN6O2/c23-16-3-4-17-18(11-16)27-21(26-17)14-1-5-19(24-12-14)28-7-9-29(10-8-28)20-6-2-15(13-25-20)22(30)31/h1-6,11-13H,7-10H2,(H,26,27)(H,30,31). The molecule has 0 aliphatic carbocycles. The predicted octanol–water partition coefficient (Wildman–Crippen LogP) is 3.70. The third-order valence-electron chi connectivity index (χ3n) is 5.39. The monoisotopic (exact) mass is 434 g/mol. The van der Waals surface area contributed by atoms with Gasteiger partial charge >= 0.3 is 5.97 Å². The van der Waals surface area contributed by atoms with Crippen molar-refractivity contribution in [2.45, 2.75) is 0 Å². The van der Waals surface area contributed by atoms with Gasteiger partial charge in [0.25, 0.3) is 0 Å². The van der Waals surface area contributed by atoms with Crippen LogP contribution in [0, 0.1) is 0 Å². The fourth-order valence-corrected chi connectivity index (χ4v) is 3.87. The van der Waals surface area contributed by atoms with Gasteiger partial charge in [0.15, 0.2) is 0 Å². The highest BCUT2D eigenvalue weighted by atomic mass is 35.5. The van der Waals surface area contributed by atoms with E-state index in [1.807, 2.05) is 36.5 Å². The molecule has 0 bridgehead atoms. The number of H-pyrrole nitrogens is 1. The molecule has 0 atom stereocenters. The molecular weight excluding hydrogens is 416 g/mol. The van der Waals surface area contributed by atoms with Gasteiger partial charge in [-0.05, 0) is 42.5 Å². The zero-order valence-corrected chi connectivity index (χ0v) is 17.3. The van der Waals surface area contributed by atoms with Crippen LogP contribution in [0.5, 0.6) is 0 Å². The first-order valence-corrected chi connectivity index (χ1v) is 10.3. The maximum atomic E-state index is 11.0. The van der Waals surface area contributed by atoms with E-state index in [1.165, 1.54) is 6.20 Å². The summed E-state index contributed by atoms with van der Waals surface area (Å²) >= 11 is 6.05. The van der Waals surface area contributed by atoms with Crippen LogP contribution in [-0.4, -0.2) is 57.2 Å². The first kappa shape index (κ1) is 19.3. The molecule has 0 radical (unpaired) electrons. The molecule has 31 heavy (non-hydrogen) atoms. The number of aromatic amines is 1. The second-order valence-corrected chi connectivity index (χ2v) is 7.77. The lowest BCUT2D eigenvalue weighted by Gasteiger charge is -2.36. The van der Waals surface area contributed by atoms with Crippen molar-refractivity contribution in [2.24, 2.45) is 0 Å². The molecule has 156 valence electrons. The Kier molecular flexibility index (Phi) is 4.91. The quantitative estimate of drug-likeness (QED) is 0.505. The SMILES string of the molecule is O=C(O)c1ccc(N2CCN(c3ccc(-c4nc5ccc(Cl)cc5[nH]4)cn3)CC2)nc1. The van der Waals surface area contributed by atoms with E-state index in [2.05, 4.69) is 29.7 Å². The van der Waals surface area contributed by atoms with Crippen LogP contribution in [0.1, 0.15) is 10.4 Å². The van der Waals surface area contributed by atoms with Crippen LogP contribution in [0.15, 0.2) is 54.9 Å². The Morgan fingerprint density at radius 3 is 2.19 bits per heavy atom. The Hall–Kier alpha value is -3.65. The van der Waals surface area contributed by atoms with Crippen molar-refractivity contribution in [3.05, 3.63) is 65.4 Å². The van der Waals surface area contributed by atoms with E-state index in [0.717, 1.165) is 60.2 Å². The van der Waals surface area contributed by atoms with Crippen LogP contribution in [-0.2, 0) is 0 Å². The summed E-state index contributed by atoms with van der Waals surface area (Å²) in [6.45, 7) is 3.18. The summed E-state index contributed by atoms with van der Waals surface area (Å²) in [5.74, 6) is 1.50. The highest BCUT2D eigenvalue weighted by Gasteiger charge is 2.19. The second-order valence-electron chi connectivity index (χ2n) is 7.34. The summed E-state index contributed by atoms with van der Waals surface area (Å²) in [6.07, 6.45) is 3.23. The Morgan fingerprint density at radius 1 is 0.935 bits per heavy atom. The number of rotatable bonds is 4. The summed E-state index contributed by atoms with van der Waals surface area (Å²) in [7, 11) is 0. The van der Waals surface area contributed by atoms with Crippen molar-refractivity contribution < 1.29 is 9.90 Å². The van der Waals surface area contributed by atoms with Crippen molar-refractivity contribution in [3.63, 3.8) is 0 Å². The number of carboxylic acid groups (broad SMARTS) is 1. The number of aromatic nitrogens is 4. The maximum Gasteiger partial charge on any atom is 0.337 e. The lowest BCUT2D eigenvalue weighted by Crippen LogP contribution is -2.47. The highest BCUT2D eigenvalue weighted by Crippen LogP contribution is 2.24. The summed E-state index contributed by atoms with van der Waals surface area (Å²) < 4.78 is 0. The number of fused-ring (bicyclic) bond motifs is 1. The number of nitrogens with zero attached hydrogens (tertiary/aromatic N) is 5. The molecule has 8 nitrogen and oxygen atoms in total. The largest absolute Gasteiger partial charge is 0.478 e. The summed E-state index contributed by atoms with van der Waals surface area (Å²) in [5.41, 5.74) is 2.87. The van der Waals surface area contributed by atoms with E-state index in [-0.39, 0.29) is 5.56 Å². The Bertz CT molecular complexity index is 1230. The third kappa shape index (κ3) is 3.89. The molecule has 0 spiro atoms. The molecule has 5 rings (SSSR count). The van der Waals surface area contributed by atoms with E-state index in [0.29, 0.717) is 5.02 Å². The number of hydrogen-bond acceptors (Lipinski definition) is 6. The molecule has 4 aromatic rings. The molecule has 1 aliphatic heterocycles. The van der Waals surface area contributed by atoms with Gasteiger partial charge in [-0.15, -0.1) is 0 Å². The Labute approximate surface area is 183 Å². The van der Waals surface area contributed by atoms with Gasteiger partial charge in [-0.1, -0.05) is 11.6 Å². The van der Waals surface area contributed by atoms with Crippen molar-refractivity contribution in [1.29, 1.82) is 0 Å². The predicted molar refractivity (Wildman–Crippen MR) is 120 cm³/mol. The number of carbonyl (C=O) groups is 1. The molecule has 4 heterocycles. The van der Waals surface area contributed by atoms with Crippen molar-refractivity contribution in [2.75, 3.05) is 36.0 Å². The lowest BCUT2D eigenvalue weighted by atomic mass is 10.2. The molecule has 9 heteroatoms. The minimum Gasteiger partial charge on any atom is -0.478 e.